The molecule has 0 spiro atoms. The highest BCUT2D eigenvalue weighted by Crippen LogP contribution is 2.47. The summed E-state index contributed by atoms with van der Waals surface area (Å²) in [4.78, 5) is 4.32. The van der Waals surface area contributed by atoms with Crippen molar-refractivity contribution in [2.75, 3.05) is 0 Å². The van der Waals surface area contributed by atoms with Crippen LogP contribution >= 0.6 is 0 Å². The lowest BCUT2D eigenvalue weighted by Crippen LogP contribution is -2.21. The zero-order valence-corrected chi connectivity index (χ0v) is 16.0. The van der Waals surface area contributed by atoms with Crippen molar-refractivity contribution in [3.63, 3.8) is 0 Å². The quantitative estimate of drug-likeness (QED) is 0.664. The van der Waals surface area contributed by atoms with Crippen LogP contribution in [0.5, 0.6) is 0 Å². The number of aryl methyl sites for hydroxylation is 1. The Morgan fingerprint density at radius 3 is 2.56 bits per heavy atom. The monoisotopic (exact) mass is 360 g/mol. The third kappa shape index (κ3) is 3.19. The van der Waals surface area contributed by atoms with E-state index < -0.39 is 0 Å². The predicted octanol–water partition coefficient (Wildman–Crippen LogP) is 5.53. The highest BCUT2D eigenvalue weighted by atomic mass is 16.3. The van der Waals surface area contributed by atoms with Gasteiger partial charge in [0.05, 0.1) is 24.1 Å². The molecule has 0 aliphatic heterocycles. The maximum atomic E-state index is 11.4. The standard InChI is InChI=1S/C24H28N2O/c1-16-3-2-4-20(13-16)17-5-9-19(10-6-17)24(27)23-21(18-7-8-18)11-12-26-15-25-14-22(23)26/h2-4,11-15,17-19,24,27H,5-10H2,1H3/t17-,19-,24-/m0/s1. The van der Waals surface area contributed by atoms with Crippen molar-refractivity contribution < 1.29 is 5.11 Å². The van der Waals surface area contributed by atoms with Crippen molar-refractivity contribution in [1.29, 1.82) is 0 Å². The van der Waals surface area contributed by atoms with Gasteiger partial charge >= 0.3 is 0 Å². The SMILES string of the molecule is Cc1cccc([C@H]2CC[C@H]([C@H](O)c3c(C4CC4)ccn4cncc34)CC2)c1. The molecule has 0 radical (unpaired) electrons. The molecule has 1 aromatic carbocycles. The van der Waals surface area contributed by atoms with Crippen molar-refractivity contribution in [2.45, 2.75) is 63.4 Å². The number of rotatable bonds is 4. The molecule has 2 saturated carbocycles. The number of pyridine rings is 1. The van der Waals surface area contributed by atoms with E-state index in [9.17, 15) is 5.11 Å². The van der Waals surface area contributed by atoms with Crippen LogP contribution in [0.1, 0.15) is 78.7 Å². The molecule has 1 atom stereocenters. The van der Waals surface area contributed by atoms with E-state index in [0.29, 0.717) is 17.8 Å². The topological polar surface area (TPSA) is 37.5 Å². The van der Waals surface area contributed by atoms with Gasteiger partial charge in [-0.25, -0.2) is 4.98 Å². The van der Waals surface area contributed by atoms with E-state index in [0.717, 1.165) is 23.9 Å². The van der Waals surface area contributed by atoms with Gasteiger partial charge in [-0.1, -0.05) is 29.8 Å². The second-order valence-corrected chi connectivity index (χ2v) is 8.62. The number of aliphatic hydroxyl groups excluding tert-OH is 1. The molecular formula is C24H28N2O. The summed E-state index contributed by atoms with van der Waals surface area (Å²) in [5, 5.41) is 11.4. The Balaban J connectivity index is 1.38. The van der Waals surface area contributed by atoms with E-state index in [1.165, 1.54) is 42.4 Å². The third-order valence-electron chi connectivity index (χ3n) is 6.71. The highest BCUT2D eigenvalue weighted by Gasteiger charge is 2.34. The average Bonchev–Trinajstić information content (AvgIpc) is 3.43. The maximum absolute atomic E-state index is 11.4. The minimum atomic E-state index is -0.376. The zero-order valence-electron chi connectivity index (χ0n) is 16.0. The molecule has 140 valence electrons. The second kappa shape index (κ2) is 6.79. The Morgan fingerprint density at radius 2 is 1.81 bits per heavy atom. The molecule has 27 heavy (non-hydrogen) atoms. The molecule has 2 aliphatic carbocycles. The van der Waals surface area contributed by atoms with Gasteiger partial charge in [-0.15, -0.1) is 0 Å². The van der Waals surface area contributed by atoms with E-state index >= 15 is 0 Å². The highest BCUT2D eigenvalue weighted by molar-refractivity contribution is 5.59. The molecular weight excluding hydrogens is 332 g/mol. The fraction of sp³-hybridized carbons (Fsp3) is 0.458. The number of fused-ring (bicyclic) bond motifs is 1. The van der Waals surface area contributed by atoms with E-state index in [-0.39, 0.29) is 6.10 Å². The lowest BCUT2D eigenvalue weighted by Gasteiger charge is -2.33. The van der Waals surface area contributed by atoms with Crippen molar-refractivity contribution in [3.05, 3.63) is 71.3 Å². The number of aromatic nitrogens is 2. The molecule has 2 aliphatic rings. The van der Waals surface area contributed by atoms with E-state index in [2.05, 4.69) is 52.8 Å². The first kappa shape index (κ1) is 17.0. The van der Waals surface area contributed by atoms with Gasteiger partial charge in [0.1, 0.15) is 0 Å². The van der Waals surface area contributed by atoms with E-state index in [1.807, 2.05) is 12.5 Å². The molecule has 0 unspecified atom stereocenters. The lowest BCUT2D eigenvalue weighted by atomic mass is 9.74. The van der Waals surface area contributed by atoms with Crippen LogP contribution < -0.4 is 0 Å². The van der Waals surface area contributed by atoms with Gasteiger partial charge < -0.3 is 9.51 Å². The smallest absolute Gasteiger partial charge is 0.0992 e. The molecule has 2 fully saturated rings. The fourth-order valence-corrected chi connectivity index (χ4v) is 5.03. The Labute approximate surface area is 161 Å². The average molecular weight is 361 g/mol. The van der Waals surface area contributed by atoms with Crippen molar-refractivity contribution in [3.8, 4) is 0 Å². The maximum Gasteiger partial charge on any atom is 0.0992 e. The van der Waals surface area contributed by atoms with Gasteiger partial charge in [0.2, 0.25) is 0 Å². The summed E-state index contributed by atoms with van der Waals surface area (Å²) < 4.78 is 2.06. The predicted molar refractivity (Wildman–Crippen MR) is 108 cm³/mol. The van der Waals surface area contributed by atoms with Crippen LogP contribution in [0, 0.1) is 12.8 Å². The van der Waals surface area contributed by atoms with Crippen LogP contribution in [-0.4, -0.2) is 14.5 Å². The Hall–Kier alpha value is -2.13. The molecule has 0 amide bonds. The number of benzene rings is 1. The first-order chi connectivity index (χ1) is 13.2. The first-order valence-corrected chi connectivity index (χ1v) is 10.4. The third-order valence-corrected chi connectivity index (χ3v) is 6.71. The zero-order chi connectivity index (χ0) is 18.4. The van der Waals surface area contributed by atoms with Gasteiger partial charge in [0, 0.05) is 11.8 Å². The molecule has 3 aromatic rings. The lowest BCUT2D eigenvalue weighted by molar-refractivity contribution is 0.0810. The molecule has 3 heteroatoms. The molecule has 0 bridgehead atoms. The number of hydrogen-bond acceptors (Lipinski definition) is 2. The van der Waals surface area contributed by atoms with Crippen LogP contribution in [0.2, 0.25) is 0 Å². The molecule has 1 N–H and O–H groups in total. The van der Waals surface area contributed by atoms with Crippen molar-refractivity contribution >= 4 is 5.52 Å². The molecule has 2 heterocycles. The van der Waals surface area contributed by atoms with Crippen LogP contribution in [-0.2, 0) is 0 Å². The molecule has 0 saturated heterocycles. The summed E-state index contributed by atoms with van der Waals surface area (Å²) in [7, 11) is 0. The van der Waals surface area contributed by atoms with Gasteiger partial charge in [0.15, 0.2) is 0 Å². The molecule has 5 rings (SSSR count). The van der Waals surface area contributed by atoms with Crippen molar-refractivity contribution in [2.24, 2.45) is 5.92 Å². The number of aliphatic hydroxyl groups is 1. The largest absolute Gasteiger partial charge is 0.388 e. The van der Waals surface area contributed by atoms with Gasteiger partial charge in [-0.05, 0) is 80.4 Å². The number of imidazole rings is 1. The summed E-state index contributed by atoms with van der Waals surface area (Å²) in [6.07, 6.45) is 12.5. The van der Waals surface area contributed by atoms with Gasteiger partial charge in [-0.2, -0.15) is 0 Å². The van der Waals surface area contributed by atoms with Crippen LogP contribution in [0.25, 0.3) is 5.52 Å². The summed E-state index contributed by atoms with van der Waals surface area (Å²) >= 11 is 0. The van der Waals surface area contributed by atoms with Crippen molar-refractivity contribution in [1.82, 2.24) is 9.38 Å². The van der Waals surface area contributed by atoms with Gasteiger partial charge in [-0.3, -0.25) is 0 Å². The number of nitrogens with zero attached hydrogens (tertiary/aromatic N) is 2. The Morgan fingerprint density at radius 1 is 1.04 bits per heavy atom. The van der Waals surface area contributed by atoms with Crippen LogP contribution in [0.3, 0.4) is 0 Å². The van der Waals surface area contributed by atoms with E-state index in [4.69, 9.17) is 0 Å². The van der Waals surface area contributed by atoms with E-state index in [1.54, 1.807) is 0 Å². The summed E-state index contributed by atoms with van der Waals surface area (Å²) in [6, 6.07) is 11.2. The van der Waals surface area contributed by atoms with Crippen LogP contribution in [0.15, 0.2) is 49.1 Å². The Kier molecular flexibility index (Phi) is 4.28. The minimum absolute atomic E-state index is 0.352. The Bertz CT molecular complexity index is 948. The van der Waals surface area contributed by atoms with Gasteiger partial charge in [0.25, 0.3) is 0 Å². The normalized spacial score (nSPS) is 24.2. The summed E-state index contributed by atoms with van der Waals surface area (Å²) in [5.41, 5.74) is 6.41. The number of hydrogen-bond donors (Lipinski definition) is 1. The second-order valence-electron chi connectivity index (χ2n) is 8.62. The minimum Gasteiger partial charge on any atom is -0.388 e. The summed E-state index contributed by atoms with van der Waals surface area (Å²) in [5.74, 6) is 1.63. The fourth-order valence-electron chi connectivity index (χ4n) is 5.03. The molecule has 2 aromatic heterocycles. The van der Waals surface area contributed by atoms with Crippen LogP contribution in [0.4, 0.5) is 0 Å². The molecule has 3 nitrogen and oxygen atoms in total. The first-order valence-electron chi connectivity index (χ1n) is 10.4. The summed E-state index contributed by atoms with van der Waals surface area (Å²) in [6.45, 7) is 2.17.